The van der Waals surface area contributed by atoms with Crippen molar-refractivity contribution in [2.24, 2.45) is 0 Å². The Morgan fingerprint density at radius 3 is 3.11 bits per heavy atom. The van der Waals surface area contributed by atoms with Crippen LogP contribution in [0.3, 0.4) is 0 Å². The molecule has 2 aromatic rings. The highest BCUT2D eigenvalue weighted by Crippen LogP contribution is 2.24. The Morgan fingerprint density at radius 2 is 2.32 bits per heavy atom. The second-order valence-corrected chi connectivity index (χ2v) is 4.65. The number of pyridine rings is 1. The van der Waals surface area contributed by atoms with Crippen LogP contribution in [0.5, 0.6) is 0 Å². The lowest BCUT2D eigenvalue weighted by Gasteiger charge is -2.34. The highest BCUT2D eigenvalue weighted by molar-refractivity contribution is 5.74. The maximum Gasteiger partial charge on any atom is 0.158 e. The van der Waals surface area contributed by atoms with Gasteiger partial charge in [-0.1, -0.05) is 0 Å². The molecule has 6 nitrogen and oxygen atoms in total. The van der Waals surface area contributed by atoms with E-state index in [1.54, 1.807) is 17.9 Å². The minimum absolute atomic E-state index is 0.154. The van der Waals surface area contributed by atoms with Crippen LogP contribution >= 0.6 is 0 Å². The third-order valence-electron chi connectivity index (χ3n) is 3.48. The van der Waals surface area contributed by atoms with Crippen LogP contribution in [0.25, 0.3) is 11.0 Å². The summed E-state index contributed by atoms with van der Waals surface area (Å²) in [5.41, 5.74) is 0.547. The molecule has 3 rings (SSSR count). The predicted octanol–water partition coefficient (Wildman–Crippen LogP) is 0.0906. The number of likely N-dealkylation sites (N-methyl/N-ethyl adjacent to an activating group) is 1. The second kappa shape index (κ2) is 4.84. The number of aliphatic hydroxyl groups excluding tert-OH is 1. The fraction of sp³-hybridized carbons (Fsp3) is 0.500. The first-order chi connectivity index (χ1) is 9.20. The van der Waals surface area contributed by atoms with Crippen molar-refractivity contribution in [3.8, 4) is 0 Å². The van der Waals surface area contributed by atoms with Gasteiger partial charge in [-0.3, -0.25) is 0 Å². The smallest absolute Gasteiger partial charge is 0.158 e. The monoisotopic (exact) mass is 266 g/mol. The predicted molar refractivity (Wildman–Crippen MR) is 66.2 cm³/mol. The molecule has 19 heavy (non-hydrogen) atoms. The minimum Gasteiger partial charge on any atom is -0.389 e. The van der Waals surface area contributed by atoms with E-state index in [0.717, 1.165) is 6.20 Å². The van der Waals surface area contributed by atoms with E-state index in [1.807, 2.05) is 0 Å². The number of ether oxygens (including phenoxy) is 1. The molecule has 7 heteroatoms. The molecule has 0 radical (unpaired) electrons. The molecule has 1 aliphatic rings. The van der Waals surface area contributed by atoms with Crippen molar-refractivity contribution in [1.82, 2.24) is 20.1 Å². The molecule has 1 aliphatic heterocycles. The minimum atomic E-state index is -0.631. The third kappa shape index (κ3) is 2.09. The van der Waals surface area contributed by atoms with Crippen molar-refractivity contribution >= 4 is 11.0 Å². The highest BCUT2D eigenvalue weighted by atomic mass is 19.1. The van der Waals surface area contributed by atoms with Gasteiger partial charge in [0.25, 0.3) is 0 Å². The van der Waals surface area contributed by atoms with Crippen LogP contribution < -0.4 is 5.32 Å². The van der Waals surface area contributed by atoms with E-state index in [4.69, 9.17) is 4.74 Å². The van der Waals surface area contributed by atoms with Crippen molar-refractivity contribution < 1.29 is 14.2 Å². The lowest BCUT2D eigenvalue weighted by molar-refractivity contribution is -0.0549. The van der Waals surface area contributed by atoms with Gasteiger partial charge < -0.3 is 15.2 Å². The molecule has 2 aromatic heterocycles. The molecule has 1 saturated heterocycles. The van der Waals surface area contributed by atoms with E-state index in [0.29, 0.717) is 24.2 Å². The van der Waals surface area contributed by atoms with Crippen LogP contribution in [0, 0.1) is 5.82 Å². The summed E-state index contributed by atoms with van der Waals surface area (Å²) in [6, 6.07) is 0.886. The number of rotatable bonds is 2. The summed E-state index contributed by atoms with van der Waals surface area (Å²) < 4.78 is 20.2. The van der Waals surface area contributed by atoms with Crippen molar-refractivity contribution in [2.75, 3.05) is 20.3 Å². The average molecular weight is 266 g/mol. The largest absolute Gasteiger partial charge is 0.389 e. The fourth-order valence-electron chi connectivity index (χ4n) is 2.41. The van der Waals surface area contributed by atoms with Gasteiger partial charge in [0, 0.05) is 5.39 Å². The topological polar surface area (TPSA) is 72.2 Å². The lowest BCUT2D eigenvalue weighted by atomic mass is 10.0. The van der Waals surface area contributed by atoms with E-state index in [9.17, 15) is 9.50 Å². The van der Waals surface area contributed by atoms with Gasteiger partial charge in [0.1, 0.15) is 11.9 Å². The van der Waals surface area contributed by atoms with Crippen molar-refractivity contribution in [1.29, 1.82) is 0 Å². The van der Waals surface area contributed by atoms with Crippen molar-refractivity contribution in [3.05, 3.63) is 24.3 Å². The first kappa shape index (κ1) is 12.5. The molecule has 0 aromatic carbocycles. The summed E-state index contributed by atoms with van der Waals surface area (Å²) in [5, 5.41) is 18.1. The quantitative estimate of drug-likeness (QED) is 0.806. The van der Waals surface area contributed by atoms with Crippen molar-refractivity contribution in [3.63, 3.8) is 0 Å². The first-order valence-corrected chi connectivity index (χ1v) is 6.12. The number of aromatic nitrogens is 3. The molecule has 0 unspecified atom stereocenters. The Labute approximate surface area is 109 Å². The summed E-state index contributed by atoms with van der Waals surface area (Å²) >= 11 is 0. The third-order valence-corrected chi connectivity index (χ3v) is 3.48. The van der Waals surface area contributed by atoms with Crippen LogP contribution in [-0.2, 0) is 4.74 Å². The maximum atomic E-state index is 13.1. The molecular weight excluding hydrogens is 251 g/mol. The summed E-state index contributed by atoms with van der Waals surface area (Å²) in [5.74, 6) is -0.402. The molecule has 0 aliphatic carbocycles. The Kier molecular flexibility index (Phi) is 3.17. The molecule has 0 saturated carbocycles. The van der Waals surface area contributed by atoms with Crippen LogP contribution in [0.4, 0.5) is 4.39 Å². The zero-order valence-corrected chi connectivity index (χ0v) is 10.5. The van der Waals surface area contributed by atoms with Gasteiger partial charge in [-0.2, -0.15) is 5.10 Å². The Bertz CT molecular complexity index is 588. The number of nitrogens with zero attached hydrogens (tertiary/aromatic N) is 3. The fourth-order valence-corrected chi connectivity index (χ4v) is 2.41. The van der Waals surface area contributed by atoms with Gasteiger partial charge >= 0.3 is 0 Å². The van der Waals surface area contributed by atoms with Gasteiger partial charge in [0.05, 0.1) is 37.8 Å². The summed E-state index contributed by atoms with van der Waals surface area (Å²) in [7, 11) is 1.77. The summed E-state index contributed by atoms with van der Waals surface area (Å²) in [4.78, 5) is 4.04. The number of hydrogen-bond donors (Lipinski definition) is 2. The number of hydrogen-bond acceptors (Lipinski definition) is 5. The van der Waals surface area contributed by atoms with Gasteiger partial charge in [0.15, 0.2) is 5.65 Å². The standard InChI is InChI=1S/C12H15FN4O2/c1-14-9-5-19-6-10(11(9)18)17-12-7(3-16-17)2-8(13)4-15-12/h2-4,9-11,14,18H,5-6H2,1H3/t9-,10+,11+/m0/s1. The number of aliphatic hydroxyl groups is 1. The Hall–Kier alpha value is -1.57. The van der Waals surface area contributed by atoms with Gasteiger partial charge in [-0.05, 0) is 13.1 Å². The van der Waals surface area contributed by atoms with Gasteiger partial charge in [-0.15, -0.1) is 0 Å². The van der Waals surface area contributed by atoms with Crippen LogP contribution in [-0.4, -0.2) is 52.3 Å². The van der Waals surface area contributed by atoms with E-state index < -0.39 is 11.9 Å². The molecule has 1 fully saturated rings. The molecular formula is C12H15FN4O2. The molecule has 2 N–H and O–H groups in total. The molecule has 0 amide bonds. The average Bonchev–Trinajstić information content (AvgIpc) is 2.82. The van der Waals surface area contributed by atoms with Crippen LogP contribution in [0.1, 0.15) is 6.04 Å². The number of fused-ring (bicyclic) bond motifs is 1. The Morgan fingerprint density at radius 1 is 1.47 bits per heavy atom. The second-order valence-electron chi connectivity index (χ2n) is 4.65. The summed E-state index contributed by atoms with van der Waals surface area (Å²) in [6.45, 7) is 0.810. The maximum absolute atomic E-state index is 13.1. The first-order valence-electron chi connectivity index (χ1n) is 6.12. The number of nitrogens with one attached hydrogen (secondary N) is 1. The zero-order valence-electron chi connectivity index (χ0n) is 10.5. The highest BCUT2D eigenvalue weighted by Gasteiger charge is 2.34. The van der Waals surface area contributed by atoms with Crippen molar-refractivity contribution in [2.45, 2.75) is 18.2 Å². The molecule has 3 heterocycles. The van der Waals surface area contributed by atoms with E-state index in [1.165, 1.54) is 6.07 Å². The SMILES string of the molecule is CN[C@H]1COC[C@@H](n2ncc3cc(F)cnc32)[C@@H]1O. The summed E-state index contributed by atoms with van der Waals surface area (Å²) in [6.07, 6.45) is 2.06. The van der Waals surface area contributed by atoms with Gasteiger partial charge in [-0.25, -0.2) is 14.1 Å². The molecule has 0 spiro atoms. The van der Waals surface area contributed by atoms with Crippen LogP contribution in [0.15, 0.2) is 18.5 Å². The molecule has 0 bridgehead atoms. The lowest BCUT2D eigenvalue weighted by Crippen LogP contribution is -2.51. The van der Waals surface area contributed by atoms with E-state index in [-0.39, 0.29) is 12.1 Å². The van der Waals surface area contributed by atoms with Gasteiger partial charge in [0.2, 0.25) is 0 Å². The zero-order chi connectivity index (χ0) is 13.4. The normalized spacial score (nSPS) is 27.8. The molecule has 102 valence electrons. The molecule has 3 atom stereocenters. The van der Waals surface area contributed by atoms with E-state index in [2.05, 4.69) is 15.4 Å². The number of halogens is 1. The Balaban J connectivity index is 1.99. The van der Waals surface area contributed by atoms with E-state index >= 15 is 0 Å². The van der Waals surface area contributed by atoms with Crippen LogP contribution in [0.2, 0.25) is 0 Å².